The summed E-state index contributed by atoms with van der Waals surface area (Å²) >= 11 is 0. The monoisotopic (exact) mass is 392 g/mol. The number of hydrogen-bond donors (Lipinski definition) is 5. The fourth-order valence-electron chi connectivity index (χ4n) is 2.63. The third-order valence-electron chi connectivity index (χ3n) is 4.09. The number of aliphatic hydroxyl groups excluding tert-OH is 4. The van der Waals surface area contributed by atoms with Crippen LogP contribution >= 0.6 is 0 Å². The predicted octanol–water partition coefficient (Wildman–Crippen LogP) is -4.67. The molecule has 150 valence electrons. The molecule has 0 aliphatic carbocycles. The molecule has 13 heteroatoms. The molecular weight excluding hydrogens is 376 g/mol. The van der Waals surface area contributed by atoms with Crippen molar-refractivity contribution in [2.75, 3.05) is 0 Å². The van der Waals surface area contributed by atoms with Crippen molar-refractivity contribution in [3.8, 4) is 0 Å². The Morgan fingerprint density at radius 3 is 2.11 bits per heavy atom. The third kappa shape index (κ3) is 3.89. The molecule has 1 saturated heterocycles. The Morgan fingerprint density at radius 2 is 1.67 bits per heavy atom. The molecule has 2 unspecified atom stereocenters. The molecule has 0 aromatic heterocycles. The minimum absolute atomic E-state index is 0.0237. The Kier molecular flexibility index (Phi) is 7.67. The molecule has 1 aliphatic rings. The van der Waals surface area contributed by atoms with E-state index in [1.165, 1.54) is 0 Å². The molecule has 1 rings (SSSR count). The third-order valence-corrected chi connectivity index (χ3v) is 4.09. The lowest BCUT2D eigenvalue weighted by atomic mass is 9.69. The van der Waals surface area contributed by atoms with Crippen molar-refractivity contribution in [3.05, 3.63) is 0 Å². The van der Waals surface area contributed by atoms with E-state index in [2.05, 4.69) is 4.89 Å². The quantitative estimate of drug-likeness (QED) is 0.0589. The largest absolute Gasteiger partial charge is 0.388 e. The zero-order valence-corrected chi connectivity index (χ0v) is 13.4. The second-order valence-electron chi connectivity index (χ2n) is 5.58. The Labute approximate surface area is 150 Å². The zero-order chi connectivity index (χ0) is 20.9. The fraction of sp³-hybridized carbons (Fsp3) is 0.571. The summed E-state index contributed by atoms with van der Waals surface area (Å²) in [6.07, 6.45) is -15.9. The Balaban J connectivity index is 3.55. The van der Waals surface area contributed by atoms with Crippen molar-refractivity contribution in [3.63, 3.8) is 0 Å². The van der Waals surface area contributed by atoms with Gasteiger partial charge in [0.15, 0.2) is 11.7 Å². The van der Waals surface area contributed by atoms with E-state index in [0.29, 0.717) is 0 Å². The van der Waals surface area contributed by atoms with Gasteiger partial charge in [-0.15, -0.1) is 0 Å². The van der Waals surface area contributed by atoms with E-state index in [4.69, 9.17) is 9.99 Å². The maximum atomic E-state index is 12.4. The number of rotatable bonds is 10. The Bertz CT molecular complexity index is 631. The highest BCUT2D eigenvalue weighted by molar-refractivity contribution is 6.53. The first kappa shape index (κ1) is 22.8. The summed E-state index contributed by atoms with van der Waals surface area (Å²) in [6.45, 7) is 0. The molecule has 0 aromatic carbocycles. The van der Waals surface area contributed by atoms with E-state index in [0.717, 1.165) is 0 Å². The number of aldehydes is 3. The smallest absolute Gasteiger partial charge is 0.222 e. The van der Waals surface area contributed by atoms with E-state index in [1.807, 2.05) is 0 Å². The van der Waals surface area contributed by atoms with Crippen LogP contribution in [0.25, 0.3) is 0 Å². The number of ether oxygens (including phenoxy) is 1. The summed E-state index contributed by atoms with van der Waals surface area (Å²) in [6, 6.07) is 0. The average Bonchev–Trinajstić information content (AvgIpc) is 2.67. The van der Waals surface area contributed by atoms with Crippen LogP contribution in [0.15, 0.2) is 0 Å². The van der Waals surface area contributed by atoms with Crippen LogP contribution in [0.5, 0.6) is 0 Å². The van der Waals surface area contributed by atoms with Crippen molar-refractivity contribution in [1.29, 1.82) is 0 Å². The number of carbonyl (C=O) groups excluding carboxylic acids is 6. The van der Waals surface area contributed by atoms with E-state index < -0.39 is 78.6 Å². The van der Waals surface area contributed by atoms with Gasteiger partial charge in [0.05, 0.1) is 6.42 Å². The van der Waals surface area contributed by atoms with Gasteiger partial charge in [0, 0.05) is 0 Å². The summed E-state index contributed by atoms with van der Waals surface area (Å²) in [4.78, 5) is 72.7. The van der Waals surface area contributed by atoms with Gasteiger partial charge in [0.25, 0.3) is 0 Å². The van der Waals surface area contributed by atoms with Crippen LogP contribution in [-0.2, 0) is 38.4 Å². The lowest BCUT2D eigenvalue weighted by molar-refractivity contribution is -0.383. The second kappa shape index (κ2) is 9.09. The lowest BCUT2D eigenvalue weighted by Gasteiger charge is -2.45. The van der Waals surface area contributed by atoms with E-state index in [-0.39, 0.29) is 6.29 Å². The normalized spacial score (nSPS) is 31.2. The molecule has 0 bridgehead atoms. The van der Waals surface area contributed by atoms with Crippen LogP contribution in [-0.4, -0.2) is 98.7 Å². The Morgan fingerprint density at radius 1 is 1.07 bits per heavy atom. The maximum absolute atomic E-state index is 12.4. The molecule has 1 fully saturated rings. The van der Waals surface area contributed by atoms with Crippen molar-refractivity contribution >= 4 is 36.2 Å². The van der Waals surface area contributed by atoms with Crippen LogP contribution in [0.1, 0.15) is 6.42 Å². The molecule has 5 N–H and O–H groups in total. The van der Waals surface area contributed by atoms with Crippen LogP contribution < -0.4 is 0 Å². The van der Waals surface area contributed by atoms with E-state index in [1.54, 1.807) is 0 Å². The van der Waals surface area contributed by atoms with Crippen LogP contribution in [0.4, 0.5) is 0 Å². The molecule has 1 heterocycles. The standard InChI is InChI=1S/C14H16O13/c15-2-1-5(18)11(23)14(4-17,6(19)3-16)12-9(22)7(20)8(21)10(26-12)13(24)27-25/h2-4,7-10,12-13,20-22,24-25H,1H2/t7-,8-,9+,10-,12+,13?,14?/m1/s1. The molecule has 0 spiro atoms. The van der Waals surface area contributed by atoms with Crippen molar-refractivity contribution in [2.24, 2.45) is 5.41 Å². The van der Waals surface area contributed by atoms with Gasteiger partial charge in [-0.3, -0.25) is 19.2 Å². The topological polar surface area (TPSA) is 222 Å². The SMILES string of the molecule is O=CCC(=O)C(=O)C(C=O)(C(=O)C=O)[C@H]1O[C@@H](C(O)OO)[C@H](O)[C@@H](O)[C@@H]1O. The molecule has 27 heavy (non-hydrogen) atoms. The number of aliphatic hydroxyl groups is 4. The van der Waals surface area contributed by atoms with E-state index >= 15 is 0 Å². The van der Waals surface area contributed by atoms with Gasteiger partial charge >= 0.3 is 0 Å². The average molecular weight is 392 g/mol. The van der Waals surface area contributed by atoms with Crippen LogP contribution in [0, 0.1) is 5.41 Å². The Hall–Kier alpha value is -2.26. The van der Waals surface area contributed by atoms with Gasteiger partial charge in [-0.05, 0) is 0 Å². The first-order valence-electron chi connectivity index (χ1n) is 7.29. The van der Waals surface area contributed by atoms with Crippen LogP contribution in [0.2, 0.25) is 0 Å². The van der Waals surface area contributed by atoms with Crippen LogP contribution in [0.3, 0.4) is 0 Å². The van der Waals surface area contributed by atoms with Gasteiger partial charge in [0.1, 0.15) is 43.1 Å². The highest BCUT2D eigenvalue weighted by atomic mass is 17.1. The number of ketones is 3. The highest BCUT2D eigenvalue weighted by Gasteiger charge is 2.62. The zero-order valence-electron chi connectivity index (χ0n) is 13.4. The minimum Gasteiger partial charge on any atom is -0.388 e. The maximum Gasteiger partial charge on any atom is 0.222 e. The molecule has 13 nitrogen and oxygen atoms in total. The molecule has 0 saturated carbocycles. The van der Waals surface area contributed by atoms with Crippen molar-refractivity contribution < 1.29 is 64.1 Å². The van der Waals surface area contributed by atoms with Gasteiger partial charge in [-0.1, -0.05) is 0 Å². The van der Waals surface area contributed by atoms with Crippen molar-refractivity contribution in [2.45, 2.75) is 43.2 Å². The lowest BCUT2D eigenvalue weighted by Crippen LogP contribution is -2.68. The molecule has 1 aliphatic heterocycles. The molecule has 0 amide bonds. The summed E-state index contributed by atoms with van der Waals surface area (Å²) in [7, 11) is 0. The van der Waals surface area contributed by atoms with Gasteiger partial charge in [0.2, 0.25) is 23.6 Å². The minimum atomic E-state index is -3.32. The molecule has 0 aromatic rings. The molecule has 0 radical (unpaired) electrons. The predicted molar refractivity (Wildman–Crippen MR) is 76.7 cm³/mol. The summed E-state index contributed by atoms with van der Waals surface area (Å²) in [5.74, 6) is -5.33. The van der Waals surface area contributed by atoms with Gasteiger partial charge in [-0.25, -0.2) is 10.1 Å². The number of Topliss-reactive ketones (excluding diaryl/α,β-unsaturated/α-hetero) is 3. The summed E-state index contributed by atoms with van der Waals surface area (Å²) < 4.78 is 4.90. The van der Waals surface area contributed by atoms with Gasteiger partial charge < -0.3 is 34.8 Å². The molecular formula is C14H16O13. The van der Waals surface area contributed by atoms with Gasteiger partial charge in [-0.2, -0.15) is 0 Å². The number of hydrogen-bond acceptors (Lipinski definition) is 13. The second-order valence-corrected chi connectivity index (χ2v) is 5.58. The molecule has 7 atom stereocenters. The number of carbonyl (C=O) groups is 6. The summed E-state index contributed by atoms with van der Waals surface area (Å²) in [5.41, 5.74) is -3.32. The fourth-order valence-corrected chi connectivity index (χ4v) is 2.63. The first-order chi connectivity index (χ1) is 12.6. The van der Waals surface area contributed by atoms with Crippen molar-refractivity contribution in [1.82, 2.24) is 0 Å². The summed E-state index contributed by atoms with van der Waals surface area (Å²) in [5, 5.41) is 47.6. The first-order valence-corrected chi connectivity index (χ1v) is 7.29. The highest BCUT2D eigenvalue weighted by Crippen LogP contribution is 2.35. The van der Waals surface area contributed by atoms with E-state index in [9.17, 15) is 49.2 Å².